The Bertz CT molecular complexity index is 1370. The number of amides is 5. The van der Waals surface area contributed by atoms with Gasteiger partial charge in [-0.2, -0.15) is 8.78 Å². The van der Waals surface area contributed by atoms with Crippen LogP contribution in [-0.4, -0.2) is 65.5 Å². The van der Waals surface area contributed by atoms with Crippen LogP contribution in [0, 0.1) is 5.92 Å². The molecule has 0 saturated carbocycles. The fraction of sp³-hybridized carbons (Fsp3) is 0.379. The van der Waals surface area contributed by atoms with Gasteiger partial charge in [-0.15, -0.1) is 0 Å². The van der Waals surface area contributed by atoms with E-state index in [0.717, 1.165) is 0 Å². The molecule has 0 aliphatic carbocycles. The highest BCUT2D eigenvalue weighted by molar-refractivity contribution is 6.11. The standard InChI is InChI=1S/C29H33F2N5O7/c1-15(2)21-26(40)34-20(23(37)29(30,31)28(42)33-14-18-7-5-4-6-8-18)13-17-9-11-19(12-10-17)43-16(3)25(39)36-22(24(32)38)27(41)35-21/h4-12,15-16,20-22H,13-14H2,1-3H3,(H2,32,38)(H,33,42)(H,34,40)(H,35,41)(H,36,39). The number of carbonyl (C=O) groups excluding carboxylic acids is 6. The number of carbonyl (C=O) groups is 6. The van der Waals surface area contributed by atoms with E-state index in [9.17, 15) is 28.8 Å². The van der Waals surface area contributed by atoms with Crippen LogP contribution in [0.3, 0.4) is 0 Å². The number of hydrogen-bond donors (Lipinski definition) is 5. The molecule has 4 atom stereocenters. The predicted molar refractivity (Wildman–Crippen MR) is 148 cm³/mol. The first-order chi connectivity index (χ1) is 20.2. The lowest BCUT2D eigenvalue weighted by atomic mass is 9.96. The summed E-state index contributed by atoms with van der Waals surface area (Å²) in [5.74, 6) is -13.1. The van der Waals surface area contributed by atoms with Gasteiger partial charge in [0, 0.05) is 13.0 Å². The molecule has 0 saturated heterocycles. The molecule has 2 aromatic rings. The predicted octanol–water partition coefficient (Wildman–Crippen LogP) is 0.127. The van der Waals surface area contributed by atoms with E-state index in [2.05, 4.69) is 16.0 Å². The van der Waals surface area contributed by atoms with Gasteiger partial charge in [0.2, 0.25) is 17.6 Å². The first-order valence-corrected chi connectivity index (χ1v) is 13.4. The van der Waals surface area contributed by atoms with Crippen molar-refractivity contribution in [2.24, 2.45) is 11.7 Å². The Morgan fingerprint density at radius 3 is 2.16 bits per heavy atom. The Balaban J connectivity index is 1.96. The van der Waals surface area contributed by atoms with Crippen molar-refractivity contribution in [2.75, 3.05) is 0 Å². The van der Waals surface area contributed by atoms with Gasteiger partial charge in [0.1, 0.15) is 11.8 Å². The summed E-state index contributed by atoms with van der Waals surface area (Å²) >= 11 is 0. The molecule has 14 heteroatoms. The van der Waals surface area contributed by atoms with Crippen LogP contribution in [0.15, 0.2) is 54.6 Å². The van der Waals surface area contributed by atoms with Crippen molar-refractivity contribution < 1.29 is 42.3 Å². The zero-order valence-corrected chi connectivity index (χ0v) is 23.7. The summed E-state index contributed by atoms with van der Waals surface area (Å²) in [6, 6.07) is 8.60. The number of rotatable bonds is 7. The molecule has 12 nitrogen and oxygen atoms in total. The third-order valence-corrected chi connectivity index (χ3v) is 6.65. The fourth-order valence-corrected chi connectivity index (χ4v) is 4.19. The number of benzene rings is 2. The second-order valence-electron chi connectivity index (χ2n) is 10.4. The average molecular weight is 602 g/mol. The molecule has 4 unspecified atom stereocenters. The van der Waals surface area contributed by atoms with Gasteiger partial charge < -0.3 is 31.7 Å². The van der Waals surface area contributed by atoms with Crippen LogP contribution in [0.1, 0.15) is 31.9 Å². The van der Waals surface area contributed by atoms with Gasteiger partial charge in [-0.25, -0.2) is 0 Å². The Morgan fingerprint density at radius 2 is 1.58 bits per heavy atom. The van der Waals surface area contributed by atoms with E-state index in [4.69, 9.17) is 10.5 Å². The van der Waals surface area contributed by atoms with Crippen molar-refractivity contribution in [3.8, 4) is 5.75 Å². The lowest BCUT2D eigenvalue weighted by Gasteiger charge is -2.28. The van der Waals surface area contributed by atoms with Crippen molar-refractivity contribution in [1.29, 1.82) is 0 Å². The molecule has 2 aromatic carbocycles. The second-order valence-corrected chi connectivity index (χ2v) is 10.4. The van der Waals surface area contributed by atoms with Crippen LogP contribution in [0.25, 0.3) is 0 Å². The zero-order chi connectivity index (χ0) is 31.9. The van der Waals surface area contributed by atoms with Crippen LogP contribution in [0.4, 0.5) is 8.78 Å². The monoisotopic (exact) mass is 601 g/mol. The van der Waals surface area contributed by atoms with Crippen LogP contribution in [-0.2, 0) is 41.7 Å². The Hall–Kier alpha value is -4.88. The van der Waals surface area contributed by atoms with Crippen molar-refractivity contribution in [3.63, 3.8) is 0 Å². The Morgan fingerprint density at radius 1 is 0.953 bits per heavy atom. The van der Waals surface area contributed by atoms with Gasteiger partial charge in [-0.3, -0.25) is 28.8 Å². The minimum atomic E-state index is -4.54. The smallest absolute Gasteiger partial charge is 0.383 e. The van der Waals surface area contributed by atoms with E-state index < -0.39 is 77.8 Å². The van der Waals surface area contributed by atoms with Crippen LogP contribution in [0.5, 0.6) is 5.75 Å². The number of nitrogens with one attached hydrogen (secondary N) is 4. The van der Waals surface area contributed by atoms with Gasteiger partial charge >= 0.3 is 5.92 Å². The number of ether oxygens (including phenoxy) is 1. The molecule has 2 aliphatic rings. The largest absolute Gasteiger partial charge is 0.481 e. The molecule has 6 N–H and O–H groups in total. The Labute approximate surface area is 246 Å². The van der Waals surface area contributed by atoms with Crippen LogP contribution < -0.4 is 31.7 Å². The summed E-state index contributed by atoms with van der Waals surface area (Å²) in [6.07, 6.45) is -1.65. The van der Waals surface area contributed by atoms with E-state index >= 15 is 8.78 Å². The van der Waals surface area contributed by atoms with Gasteiger partial charge in [0.15, 0.2) is 12.1 Å². The number of alkyl halides is 2. The van der Waals surface area contributed by atoms with Crippen molar-refractivity contribution in [2.45, 2.75) is 63.9 Å². The highest BCUT2D eigenvalue weighted by Gasteiger charge is 2.50. The highest BCUT2D eigenvalue weighted by Crippen LogP contribution is 2.22. The van der Waals surface area contributed by atoms with E-state index in [1.165, 1.54) is 45.0 Å². The van der Waals surface area contributed by atoms with Crippen molar-refractivity contribution in [3.05, 3.63) is 65.7 Å². The lowest BCUT2D eigenvalue weighted by molar-refractivity contribution is -0.160. The maximum absolute atomic E-state index is 15.2. The average Bonchev–Trinajstić information content (AvgIpc) is 2.96. The molecule has 43 heavy (non-hydrogen) atoms. The van der Waals surface area contributed by atoms with Gasteiger partial charge in [-0.05, 0) is 36.1 Å². The molecular weight excluding hydrogens is 568 g/mol. The molecule has 4 rings (SSSR count). The van der Waals surface area contributed by atoms with Crippen molar-refractivity contribution in [1.82, 2.24) is 21.3 Å². The van der Waals surface area contributed by atoms with Crippen LogP contribution >= 0.6 is 0 Å². The fourth-order valence-electron chi connectivity index (χ4n) is 4.19. The first-order valence-electron chi connectivity index (χ1n) is 13.4. The number of hydrogen-bond acceptors (Lipinski definition) is 7. The van der Waals surface area contributed by atoms with Gasteiger partial charge in [0.05, 0.1) is 6.04 Å². The van der Waals surface area contributed by atoms with E-state index in [-0.39, 0.29) is 12.3 Å². The summed E-state index contributed by atoms with van der Waals surface area (Å²) in [7, 11) is 0. The summed E-state index contributed by atoms with van der Waals surface area (Å²) in [5, 5.41) is 8.73. The molecular formula is C29H33F2N5O7. The summed E-state index contributed by atoms with van der Waals surface area (Å²) in [6.45, 7) is 4.11. The second kappa shape index (κ2) is 13.9. The maximum atomic E-state index is 15.2. The number of ketones is 1. The topological polar surface area (TPSA) is 186 Å². The molecule has 0 spiro atoms. The minimum absolute atomic E-state index is 0.163. The van der Waals surface area contributed by atoms with Gasteiger partial charge in [0.25, 0.3) is 17.7 Å². The number of halogens is 2. The summed E-state index contributed by atoms with van der Waals surface area (Å²) in [5.41, 5.74) is 6.15. The number of nitrogens with two attached hydrogens (primary N) is 1. The quantitative estimate of drug-likeness (QED) is 0.220. The van der Waals surface area contributed by atoms with Crippen LogP contribution in [0.2, 0.25) is 0 Å². The third kappa shape index (κ3) is 8.33. The molecule has 5 amide bonds. The normalized spacial score (nSPS) is 21.7. The van der Waals surface area contributed by atoms with Gasteiger partial charge in [-0.1, -0.05) is 56.3 Å². The zero-order valence-electron chi connectivity index (χ0n) is 23.7. The molecule has 2 heterocycles. The first kappa shape index (κ1) is 32.6. The molecule has 0 radical (unpaired) electrons. The molecule has 2 bridgehead atoms. The minimum Gasteiger partial charge on any atom is -0.481 e. The lowest BCUT2D eigenvalue weighted by Crippen LogP contribution is -2.62. The number of Topliss-reactive ketones (excluding diaryl/α,β-unsaturated/α-hetero) is 1. The SMILES string of the molecule is CC1Oc2ccc(cc2)CC(C(=O)C(F)(F)C(=O)NCc2ccccc2)NC(=O)C(C(C)C)NC(=O)C(C(N)=O)NC1=O. The van der Waals surface area contributed by atoms with Crippen molar-refractivity contribution >= 4 is 35.3 Å². The Kier molecular flexibility index (Phi) is 10.5. The van der Waals surface area contributed by atoms with E-state index in [0.29, 0.717) is 11.1 Å². The van der Waals surface area contributed by atoms with E-state index in [1.807, 2.05) is 5.32 Å². The third-order valence-electron chi connectivity index (χ3n) is 6.65. The molecule has 230 valence electrons. The van der Waals surface area contributed by atoms with E-state index in [1.54, 1.807) is 30.3 Å². The molecule has 0 fully saturated rings. The number of fused-ring (bicyclic) bond motifs is 13. The highest BCUT2D eigenvalue weighted by atomic mass is 19.3. The number of primary amides is 1. The summed E-state index contributed by atoms with van der Waals surface area (Å²) in [4.78, 5) is 76.5. The molecule has 2 aliphatic heterocycles. The molecule has 0 aromatic heterocycles. The maximum Gasteiger partial charge on any atom is 0.383 e. The summed E-state index contributed by atoms with van der Waals surface area (Å²) < 4.78 is 36.0.